The van der Waals surface area contributed by atoms with Crippen molar-refractivity contribution >= 4 is 23.3 Å². The predicted molar refractivity (Wildman–Crippen MR) is 108 cm³/mol. The Kier molecular flexibility index (Phi) is 6.75. The largest absolute Gasteiger partial charge is 0.461 e. The van der Waals surface area contributed by atoms with Crippen LogP contribution in [0.15, 0.2) is 65.1 Å². The first-order valence-corrected chi connectivity index (χ1v) is 9.32. The van der Waals surface area contributed by atoms with Crippen molar-refractivity contribution in [2.45, 2.75) is 19.8 Å². The van der Waals surface area contributed by atoms with E-state index in [0.717, 1.165) is 11.6 Å². The molecule has 0 bridgehead atoms. The van der Waals surface area contributed by atoms with Gasteiger partial charge in [0, 0.05) is 24.6 Å². The highest BCUT2D eigenvalue weighted by Gasteiger charge is 2.15. The van der Waals surface area contributed by atoms with E-state index in [-0.39, 0.29) is 23.6 Å². The lowest BCUT2D eigenvalue weighted by Crippen LogP contribution is -2.16. The molecular weight excluding hydrogens is 389 g/mol. The van der Waals surface area contributed by atoms with E-state index in [4.69, 9.17) is 9.15 Å². The van der Waals surface area contributed by atoms with Gasteiger partial charge in [0.15, 0.2) is 6.61 Å². The number of hydrogen-bond donors (Lipinski definition) is 1. The van der Waals surface area contributed by atoms with Gasteiger partial charge in [0.2, 0.25) is 11.7 Å². The molecule has 1 N–H and O–H groups in total. The highest BCUT2D eigenvalue weighted by Crippen LogP contribution is 2.22. The summed E-state index contributed by atoms with van der Waals surface area (Å²) in [6.07, 6.45) is 0.346. The molecule has 0 aliphatic heterocycles. The lowest BCUT2D eigenvalue weighted by atomic mass is 10.1. The third-order valence-corrected chi connectivity index (χ3v) is 4.25. The molecule has 154 valence electrons. The summed E-state index contributed by atoms with van der Waals surface area (Å²) < 4.78 is 24.7. The topological polar surface area (TPSA) is 85.6 Å². The molecule has 0 radical (unpaired) electrons. The fraction of sp³-hybridized carbons (Fsp3) is 0.174. The normalized spacial score (nSPS) is 10.5. The highest BCUT2D eigenvalue weighted by molar-refractivity contribution is 5.99. The summed E-state index contributed by atoms with van der Waals surface area (Å²) in [6.45, 7) is 0.726. The summed E-state index contributed by atoms with van der Waals surface area (Å²) in [6, 6.07) is 16.9. The van der Waals surface area contributed by atoms with Crippen LogP contribution in [-0.2, 0) is 20.7 Å². The van der Waals surface area contributed by atoms with Gasteiger partial charge in [0.05, 0.1) is 12.0 Å². The third-order valence-electron chi connectivity index (χ3n) is 4.25. The zero-order valence-corrected chi connectivity index (χ0v) is 16.3. The number of hydrogen-bond acceptors (Lipinski definition) is 5. The second kappa shape index (κ2) is 9.65. The van der Waals surface area contributed by atoms with Gasteiger partial charge in [0.25, 0.3) is 0 Å². The Morgan fingerprint density at radius 2 is 1.80 bits per heavy atom. The van der Waals surface area contributed by atoms with Gasteiger partial charge >= 0.3 is 5.97 Å². The van der Waals surface area contributed by atoms with Crippen molar-refractivity contribution in [1.82, 2.24) is 0 Å². The molecule has 1 amide bonds. The molecule has 0 unspecified atom stereocenters. The van der Waals surface area contributed by atoms with Gasteiger partial charge in [-0.1, -0.05) is 30.3 Å². The quantitative estimate of drug-likeness (QED) is 0.440. The number of halogens is 1. The van der Waals surface area contributed by atoms with Crippen molar-refractivity contribution in [3.63, 3.8) is 0 Å². The van der Waals surface area contributed by atoms with Crippen LogP contribution in [0.5, 0.6) is 0 Å². The van der Waals surface area contributed by atoms with Gasteiger partial charge in [-0.2, -0.15) is 0 Å². The predicted octanol–water partition coefficient (Wildman–Crippen LogP) is 4.40. The van der Waals surface area contributed by atoms with Crippen LogP contribution in [0.25, 0.3) is 11.3 Å². The summed E-state index contributed by atoms with van der Waals surface area (Å²) >= 11 is 0. The maximum Gasteiger partial charge on any atom is 0.306 e. The second-order valence-electron chi connectivity index (χ2n) is 6.59. The number of esters is 1. The monoisotopic (exact) mass is 409 g/mol. The first kappa shape index (κ1) is 21.0. The summed E-state index contributed by atoms with van der Waals surface area (Å²) in [5, 5.41) is 2.42. The lowest BCUT2D eigenvalue weighted by Gasteiger charge is -2.07. The molecule has 0 aliphatic carbocycles. The molecule has 3 rings (SSSR count). The first-order valence-electron chi connectivity index (χ1n) is 9.32. The van der Waals surface area contributed by atoms with Gasteiger partial charge in [0.1, 0.15) is 17.3 Å². The van der Waals surface area contributed by atoms with Gasteiger partial charge in [-0.25, -0.2) is 4.39 Å². The van der Waals surface area contributed by atoms with Crippen molar-refractivity contribution < 1.29 is 27.9 Å². The van der Waals surface area contributed by atoms with Crippen LogP contribution in [0.4, 0.5) is 10.1 Å². The van der Waals surface area contributed by atoms with E-state index in [1.165, 1.54) is 19.1 Å². The molecule has 0 saturated carbocycles. The standard InChI is InChI=1S/C23H20FNO5/c1-15(26)25-17-7-10-19(20(24)13-17)21(27)14-29-23(28)12-9-18-8-11-22(30-18)16-5-3-2-4-6-16/h2-8,10-11,13H,9,12,14H2,1H3,(H,25,26). The van der Waals surface area contributed by atoms with E-state index in [1.807, 2.05) is 36.4 Å². The molecule has 7 heteroatoms. The van der Waals surface area contributed by atoms with Crippen LogP contribution in [0, 0.1) is 5.82 Å². The average Bonchev–Trinajstić information content (AvgIpc) is 3.20. The van der Waals surface area contributed by atoms with Crippen LogP contribution in [0.1, 0.15) is 29.5 Å². The Bertz CT molecular complexity index is 1060. The Balaban J connectivity index is 1.48. The van der Waals surface area contributed by atoms with Gasteiger partial charge in [-0.15, -0.1) is 0 Å². The number of amides is 1. The number of Topliss-reactive ketones (excluding diaryl/α,β-unsaturated/α-hetero) is 1. The van der Waals surface area contributed by atoms with Gasteiger partial charge < -0.3 is 14.5 Å². The Labute approximate surface area is 172 Å². The smallest absolute Gasteiger partial charge is 0.306 e. The van der Waals surface area contributed by atoms with E-state index in [0.29, 0.717) is 17.9 Å². The zero-order chi connectivity index (χ0) is 21.5. The van der Waals surface area contributed by atoms with Crippen molar-refractivity contribution in [3.05, 3.63) is 77.8 Å². The molecule has 2 aromatic carbocycles. The SMILES string of the molecule is CC(=O)Nc1ccc(C(=O)COC(=O)CCc2ccc(-c3ccccc3)o2)c(F)c1. The Morgan fingerprint density at radius 3 is 2.50 bits per heavy atom. The number of furan rings is 1. The number of ether oxygens (including phenoxy) is 1. The zero-order valence-electron chi connectivity index (χ0n) is 16.3. The summed E-state index contributed by atoms with van der Waals surface area (Å²) in [5.41, 5.74) is 0.959. The summed E-state index contributed by atoms with van der Waals surface area (Å²) in [4.78, 5) is 35.0. The molecule has 1 aromatic heterocycles. The molecule has 0 aliphatic rings. The molecule has 0 fully saturated rings. The van der Waals surface area contributed by atoms with Gasteiger partial charge in [-0.05, 0) is 30.3 Å². The molecular formula is C23H20FNO5. The molecule has 0 saturated heterocycles. The van der Waals surface area contributed by atoms with E-state index >= 15 is 0 Å². The minimum absolute atomic E-state index is 0.0268. The number of benzene rings is 2. The number of carbonyl (C=O) groups excluding carboxylic acids is 3. The third kappa shape index (κ3) is 5.64. The molecule has 0 atom stereocenters. The average molecular weight is 409 g/mol. The molecule has 30 heavy (non-hydrogen) atoms. The molecule has 3 aromatic rings. The number of aryl methyl sites for hydroxylation is 1. The van der Waals surface area contributed by atoms with Crippen LogP contribution >= 0.6 is 0 Å². The minimum Gasteiger partial charge on any atom is -0.461 e. The maximum atomic E-state index is 14.1. The fourth-order valence-corrected chi connectivity index (χ4v) is 2.81. The van der Waals surface area contributed by atoms with E-state index < -0.39 is 24.2 Å². The number of ketones is 1. The van der Waals surface area contributed by atoms with Crippen molar-refractivity contribution in [2.24, 2.45) is 0 Å². The van der Waals surface area contributed by atoms with Crippen LogP contribution in [0.3, 0.4) is 0 Å². The molecule has 0 spiro atoms. The Morgan fingerprint density at radius 1 is 1.03 bits per heavy atom. The van der Waals surface area contributed by atoms with Crippen molar-refractivity contribution in [1.29, 1.82) is 0 Å². The number of anilines is 1. The van der Waals surface area contributed by atoms with Crippen molar-refractivity contribution in [2.75, 3.05) is 11.9 Å². The van der Waals surface area contributed by atoms with Crippen LogP contribution in [-0.4, -0.2) is 24.3 Å². The highest BCUT2D eigenvalue weighted by atomic mass is 19.1. The molecule has 6 nitrogen and oxygen atoms in total. The van der Waals surface area contributed by atoms with E-state index in [1.54, 1.807) is 6.07 Å². The van der Waals surface area contributed by atoms with Crippen LogP contribution in [0.2, 0.25) is 0 Å². The first-order chi connectivity index (χ1) is 14.4. The second-order valence-corrected chi connectivity index (χ2v) is 6.59. The molecule has 1 heterocycles. The van der Waals surface area contributed by atoms with Gasteiger partial charge in [-0.3, -0.25) is 14.4 Å². The number of nitrogens with one attached hydrogen (secondary N) is 1. The fourth-order valence-electron chi connectivity index (χ4n) is 2.81. The Hall–Kier alpha value is -3.74. The van der Waals surface area contributed by atoms with E-state index in [2.05, 4.69) is 5.32 Å². The summed E-state index contributed by atoms with van der Waals surface area (Å²) in [7, 11) is 0. The van der Waals surface area contributed by atoms with Crippen molar-refractivity contribution in [3.8, 4) is 11.3 Å². The minimum atomic E-state index is -0.800. The van der Waals surface area contributed by atoms with Crippen LogP contribution < -0.4 is 5.32 Å². The lowest BCUT2D eigenvalue weighted by molar-refractivity contribution is -0.142. The van der Waals surface area contributed by atoms with E-state index in [9.17, 15) is 18.8 Å². The summed E-state index contributed by atoms with van der Waals surface area (Å²) in [5.74, 6) is -1.08. The maximum absolute atomic E-state index is 14.1. The number of carbonyl (C=O) groups is 3. The number of rotatable bonds is 8.